The van der Waals surface area contributed by atoms with Crippen LogP contribution in [0.5, 0.6) is 0 Å². The summed E-state index contributed by atoms with van der Waals surface area (Å²) in [4.78, 5) is 2.97. The highest BCUT2D eigenvalue weighted by Gasteiger charge is 2.13. The zero-order valence-corrected chi connectivity index (χ0v) is 10.0. The second kappa shape index (κ2) is 4.42. The number of hydrogen-bond acceptors (Lipinski definition) is 1. The van der Waals surface area contributed by atoms with Gasteiger partial charge in [-0.3, -0.25) is 0 Å². The van der Waals surface area contributed by atoms with E-state index in [-0.39, 0.29) is 5.56 Å². The molecule has 1 heterocycles. The molecule has 5 heteroatoms. The minimum Gasteiger partial charge on any atom is -0.355 e. The molecule has 0 radical (unpaired) electrons. The van der Waals surface area contributed by atoms with Crippen LogP contribution in [0.3, 0.4) is 0 Å². The van der Waals surface area contributed by atoms with Crippen LogP contribution >= 0.6 is 0 Å². The molecule has 0 aliphatic carbocycles. The lowest BCUT2D eigenvalue weighted by Crippen LogP contribution is -1.91. The van der Waals surface area contributed by atoms with Gasteiger partial charge in [0, 0.05) is 22.2 Å². The standard InChI is InChI=1S/C15H7F3N2/c16-11-4-10(5-12(17)15(11)18)14-6-9-3-8(7-19)1-2-13(9)20-14/h1-6,20H. The highest BCUT2D eigenvalue weighted by atomic mass is 19.2. The fraction of sp³-hybridized carbons (Fsp3) is 0. The molecule has 3 aromatic rings. The number of aromatic amines is 1. The Kier molecular flexibility index (Phi) is 2.72. The molecule has 0 fully saturated rings. The van der Waals surface area contributed by atoms with Crippen LogP contribution in [0, 0.1) is 28.8 Å². The normalized spacial score (nSPS) is 10.7. The lowest BCUT2D eigenvalue weighted by Gasteiger charge is -2.00. The van der Waals surface area contributed by atoms with Crippen molar-refractivity contribution in [1.82, 2.24) is 4.98 Å². The van der Waals surface area contributed by atoms with Crippen molar-refractivity contribution in [3.63, 3.8) is 0 Å². The van der Waals surface area contributed by atoms with Gasteiger partial charge in [0.2, 0.25) is 0 Å². The molecule has 0 amide bonds. The van der Waals surface area contributed by atoms with Crippen molar-refractivity contribution in [3.8, 4) is 17.3 Å². The van der Waals surface area contributed by atoms with E-state index in [1.165, 1.54) is 0 Å². The highest BCUT2D eigenvalue weighted by Crippen LogP contribution is 2.27. The molecule has 0 aliphatic rings. The molecule has 1 aromatic heterocycles. The number of nitriles is 1. The van der Waals surface area contributed by atoms with Crippen molar-refractivity contribution in [1.29, 1.82) is 5.26 Å². The molecular weight excluding hydrogens is 265 g/mol. The first-order valence-corrected chi connectivity index (χ1v) is 5.76. The highest BCUT2D eigenvalue weighted by molar-refractivity contribution is 5.86. The Morgan fingerprint density at radius 2 is 1.65 bits per heavy atom. The van der Waals surface area contributed by atoms with Crippen LogP contribution in [0.2, 0.25) is 0 Å². The fourth-order valence-electron chi connectivity index (χ4n) is 2.07. The van der Waals surface area contributed by atoms with Crippen LogP contribution < -0.4 is 0 Å². The summed E-state index contributed by atoms with van der Waals surface area (Å²) in [5.74, 6) is -3.97. The molecule has 0 atom stereocenters. The van der Waals surface area contributed by atoms with Gasteiger partial charge in [-0.1, -0.05) is 0 Å². The topological polar surface area (TPSA) is 39.6 Å². The van der Waals surface area contributed by atoms with Gasteiger partial charge in [0.05, 0.1) is 11.6 Å². The fourth-order valence-corrected chi connectivity index (χ4v) is 2.07. The van der Waals surface area contributed by atoms with E-state index in [2.05, 4.69) is 4.98 Å². The first-order chi connectivity index (χ1) is 9.58. The number of hydrogen-bond donors (Lipinski definition) is 1. The quantitative estimate of drug-likeness (QED) is 0.665. The lowest BCUT2D eigenvalue weighted by atomic mass is 10.1. The molecule has 0 aliphatic heterocycles. The van der Waals surface area contributed by atoms with Gasteiger partial charge in [-0.15, -0.1) is 0 Å². The third-order valence-corrected chi connectivity index (χ3v) is 3.04. The first-order valence-electron chi connectivity index (χ1n) is 5.76. The zero-order valence-electron chi connectivity index (χ0n) is 10.0. The predicted octanol–water partition coefficient (Wildman–Crippen LogP) is 4.12. The molecule has 2 aromatic carbocycles. The van der Waals surface area contributed by atoms with Crippen molar-refractivity contribution in [3.05, 3.63) is 59.4 Å². The number of nitrogens with zero attached hydrogens (tertiary/aromatic N) is 1. The Morgan fingerprint density at radius 3 is 2.30 bits per heavy atom. The largest absolute Gasteiger partial charge is 0.355 e. The van der Waals surface area contributed by atoms with Gasteiger partial charge in [-0.2, -0.15) is 5.26 Å². The van der Waals surface area contributed by atoms with E-state index in [1.54, 1.807) is 24.3 Å². The van der Waals surface area contributed by atoms with Crippen molar-refractivity contribution in [2.24, 2.45) is 0 Å². The summed E-state index contributed by atoms with van der Waals surface area (Å²) in [5.41, 5.74) is 1.87. The maximum Gasteiger partial charge on any atom is 0.194 e. The second-order valence-corrected chi connectivity index (χ2v) is 4.35. The van der Waals surface area contributed by atoms with E-state index in [0.29, 0.717) is 11.3 Å². The van der Waals surface area contributed by atoms with Crippen LogP contribution in [0.15, 0.2) is 36.4 Å². The second-order valence-electron chi connectivity index (χ2n) is 4.35. The summed E-state index contributed by atoms with van der Waals surface area (Å²) in [6, 6.07) is 10.5. The maximum absolute atomic E-state index is 13.2. The Labute approximate surface area is 112 Å². The summed E-state index contributed by atoms with van der Waals surface area (Å²) in [7, 11) is 0. The number of rotatable bonds is 1. The molecule has 0 bridgehead atoms. The maximum atomic E-state index is 13.2. The van der Waals surface area contributed by atoms with Gasteiger partial charge in [-0.25, -0.2) is 13.2 Å². The van der Waals surface area contributed by atoms with E-state index in [4.69, 9.17) is 5.26 Å². The van der Waals surface area contributed by atoms with Crippen LogP contribution in [-0.2, 0) is 0 Å². The van der Waals surface area contributed by atoms with Gasteiger partial charge in [0.15, 0.2) is 17.5 Å². The molecule has 0 saturated heterocycles. The van der Waals surface area contributed by atoms with Crippen LogP contribution in [-0.4, -0.2) is 4.98 Å². The molecule has 0 spiro atoms. The third kappa shape index (κ3) is 1.91. The molecule has 3 rings (SSSR count). The van der Waals surface area contributed by atoms with E-state index in [0.717, 1.165) is 23.0 Å². The van der Waals surface area contributed by atoms with E-state index in [1.807, 2.05) is 6.07 Å². The lowest BCUT2D eigenvalue weighted by molar-refractivity contribution is 0.447. The Morgan fingerprint density at radius 1 is 0.950 bits per heavy atom. The Hall–Kier alpha value is -2.74. The van der Waals surface area contributed by atoms with Gasteiger partial charge in [0.25, 0.3) is 0 Å². The van der Waals surface area contributed by atoms with Gasteiger partial charge < -0.3 is 4.98 Å². The first kappa shape index (κ1) is 12.3. The van der Waals surface area contributed by atoms with Gasteiger partial charge in [0.1, 0.15) is 0 Å². The summed E-state index contributed by atoms with van der Waals surface area (Å²) < 4.78 is 39.4. The minimum atomic E-state index is -1.49. The number of nitrogens with one attached hydrogen (secondary N) is 1. The summed E-state index contributed by atoms with van der Waals surface area (Å²) in [6.07, 6.45) is 0. The number of H-pyrrole nitrogens is 1. The predicted molar refractivity (Wildman–Crippen MR) is 68.3 cm³/mol. The Balaban J connectivity index is 2.18. The van der Waals surface area contributed by atoms with Crippen molar-refractivity contribution < 1.29 is 13.2 Å². The summed E-state index contributed by atoms with van der Waals surface area (Å²) in [5, 5.41) is 9.56. The monoisotopic (exact) mass is 272 g/mol. The molecule has 1 N–H and O–H groups in total. The number of fused-ring (bicyclic) bond motifs is 1. The zero-order chi connectivity index (χ0) is 14.3. The minimum absolute atomic E-state index is 0.205. The smallest absolute Gasteiger partial charge is 0.194 e. The van der Waals surface area contributed by atoms with Crippen LogP contribution in [0.1, 0.15) is 5.56 Å². The number of halogens is 3. The number of benzene rings is 2. The van der Waals surface area contributed by atoms with Crippen molar-refractivity contribution >= 4 is 10.9 Å². The van der Waals surface area contributed by atoms with Crippen molar-refractivity contribution in [2.75, 3.05) is 0 Å². The van der Waals surface area contributed by atoms with Crippen LogP contribution in [0.4, 0.5) is 13.2 Å². The molecule has 20 heavy (non-hydrogen) atoms. The van der Waals surface area contributed by atoms with Gasteiger partial charge in [-0.05, 0) is 36.4 Å². The van der Waals surface area contributed by atoms with Crippen molar-refractivity contribution in [2.45, 2.75) is 0 Å². The average molecular weight is 272 g/mol. The number of aromatic nitrogens is 1. The van der Waals surface area contributed by atoms with Crippen LogP contribution in [0.25, 0.3) is 22.2 Å². The molecule has 0 saturated carbocycles. The van der Waals surface area contributed by atoms with E-state index >= 15 is 0 Å². The van der Waals surface area contributed by atoms with E-state index < -0.39 is 17.5 Å². The molecule has 2 nitrogen and oxygen atoms in total. The Bertz CT molecular complexity index is 836. The average Bonchev–Trinajstić information content (AvgIpc) is 2.86. The molecule has 0 unspecified atom stereocenters. The summed E-state index contributed by atoms with van der Waals surface area (Å²) in [6.45, 7) is 0. The van der Waals surface area contributed by atoms with E-state index in [9.17, 15) is 13.2 Å². The summed E-state index contributed by atoms with van der Waals surface area (Å²) >= 11 is 0. The molecule has 98 valence electrons. The van der Waals surface area contributed by atoms with Gasteiger partial charge >= 0.3 is 0 Å². The SMILES string of the molecule is N#Cc1ccc2[nH]c(-c3cc(F)c(F)c(F)c3)cc2c1. The molecular formula is C15H7F3N2. The third-order valence-electron chi connectivity index (χ3n) is 3.04.